The summed E-state index contributed by atoms with van der Waals surface area (Å²) in [7, 11) is 1.62. The molecule has 9 heteroatoms. The van der Waals surface area contributed by atoms with Crippen LogP contribution in [-0.4, -0.2) is 65.5 Å². The Morgan fingerprint density at radius 3 is 2.60 bits per heavy atom. The van der Waals surface area contributed by atoms with Gasteiger partial charge in [-0.2, -0.15) is 0 Å². The lowest BCUT2D eigenvalue weighted by atomic mass is 9.93. The zero-order chi connectivity index (χ0) is 32.1. The second-order valence-electron chi connectivity index (χ2n) is 13.7. The van der Waals surface area contributed by atoms with Gasteiger partial charge in [-0.3, -0.25) is 4.79 Å². The van der Waals surface area contributed by atoms with Gasteiger partial charge in [0.1, 0.15) is 23.8 Å². The number of methoxy groups -OCH3 is 1. The summed E-state index contributed by atoms with van der Waals surface area (Å²) >= 11 is 0. The van der Waals surface area contributed by atoms with E-state index < -0.39 is 17.0 Å². The molecular formula is C36H43N3O6. The highest BCUT2D eigenvalue weighted by Gasteiger charge is 2.71. The number of anilines is 1. The number of para-hydroxylation sites is 1. The molecular weight excluding hydrogens is 570 g/mol. The van der Waals surface area contributed by atoms with E-state index >= 15 is 0 Å². The first-order chi connectivity index (χ1) is 21.4. The van der Waals surface area contributed by atoms with E-state index in [-0.39, 0.29) is 18.1 Å². The van der Waals surface area contributed by atoms with Gasteiger partial charge < -0.3 is 29.1 Å². The number of hydrogen-bond donors (Lipinski definition) is 1. The van der Waals surface area contributed by atoms with E-state index in [1.165, 1.54) is 11.1 Å². The fraction of sp³-hybridized carbons (Fsp3) is 0.472. The minimum atomic E-state index is -0.758. The maximum absolute atomic E-state index is 12.7. The maximum Gasteiger partial charge on any atom is 0.410 e. The first-order valence-corrected chi connectivity index (χ1v) is 15.7. The Kier molecular flexibility index (Phi) is 8.01. The zero-order valence-electron chi connectivity index (χ0n) is 27.1. The number of carbonyl (C=O) groups is 2. The number of hydrogen-bond acceptors (Lipinski definition) is 7. The Labute approximate surface area is 265 Å². The molecule has 2 fully saturated rings. The van der Waals surface area contributed by atoms with Crippen molar-refractivity contribution in [3.63, 3.8) is 0 Å². The largest absolute Gasteiger partial charge is 0.488 e. The Bertz CT molecular complexity index is 1630. The minimum Gasteiger partial charge on any atom is -0.488 e. The number of fused-ring (bicyclic) bond motifs is 2. The minimum absolute atomic E-state index is 0.110. The lowest BCUT2D eigenvalue weighted by Gasteiger charge is -2.32. The maximum atomic E-state index is 12.7. The highest BCUT2D eigenvalue weighted by atomic mass is 16.6. The predicted molar refractivity (Wildman–Crippen MR) is 171 cm³/mol. The second kappa shape index (κ2) is 11.7. The molecule has 0 spiro atoms. The van der Waals surface area contributed by atoms with Gasteiger partial charge in [-0.15, -0.1) is 0 Å². The lowest BCUT2D eigenvalue weighted by Crippen LogP contribution is -2.43. The standard InChI is InChI=1S/C36H43N3O6/c1-22-9-7-10-27(29-11-8-12-31(37-29)39-18-26-17-36(26,33(40)41)30(39)21-43-6)32(22)44-20-24-15-23(2)28-19-38(14-13-25(28)16-24)34(42)45-35(3,4)5/h7-12,15-16,26,30H,13-14,17-21H2,1-6H3,(H,40,41)/t26?,30-,36+/m0/s1. The summed E-state index contributed by atoms with van der Waals surface area (Å²) in [6.07, 6.45) is 1.18. The third kappa shape index (κ3) is 5.86. The smallest absolute Gasteiger partial charge is 0.410 e. The van der Waals surface area contributed by atoms with Gasteiger partial charge in [0.15, 0.2) is 0 Å². The number of aromatic nitrogens is 1. The van der Waals surface area contributed by atoms with E-state index in [0.29, 0.717) is 39.3 Å². The van der Waals surface area contributed by atoms with Gasteiger partial charge in [0.25, 0.3) is 0 Å². The van der Waals surface area contributed by atoms with E-state index in [1.807, 2.05) is 64.1 Å². The van der Waals surface area contributed by atoms with Crippen molar-refractivity contribution in [2.45, 2.75) is 72.3 Å². The van der Waals surface area contributed by atoms with Gasteiger partial charge in [-0.1, -0.05) is 30.3 Å². The van der Waals surface area contributed by atoms with Crippen molar-refractivity contribution < 1.29 is 28.9 Å². The van der Waals surface area contributed by atoms with Crippen LogP contribution in [0.1, 0.15) is 55.0 Å². The van der Waals surface area contributed by atoms with Crippen LogP contribution < -0.4 is 9.64 Å². The van der Waals surface area contributed by atoms with Crippen molar-refractivity contribution in [3.8, 4) is 17.0 Å². The summed E-state index contributed by atoms with van der Waals surface area (Å²) in [5.41, 5.74) is 6.00. The van der Waals surface area contributed by atoms with Gasteiger partial charge in [-0.25, -0.2) is 9.78 Å². The molecule has 0 bridgehead atoms. The van der Waals surface area contributed by atoms with Crippen LogP contribution in [0.25, 0.3) is 11.3 Å². The fourth-order valence-electron chi connectivity index (χ4n) is 7.13. The van der Waals surface area contributed by atoms with Crippen molar-refractivity contribution in [1.82, 2.24) is 9.88 Å². The number of nitrogens with zero attached hydrogens (tertiary/aromatic N) is 3. The molecule has 1 amide bonds. The zero-order valence-corrected chi connectivity index (χ0v) is 27.1. The molecule has 238 valence electrons. The second-order valence-corrected chi connectivity index (χ2v) is 13.7. The highest BCUT2D eigenvalue weighted by molar-refractivity contribution is 5.82. The molecule has 45 heavy (non-hydrogen) atoms. The molecule has 1 saturated heterocycles. The molecule has 1 saturated carbocycles. The molecule has 9 nitrogen and oxygen atoms in total. The highest BCUT2D eigenvalue weighted by Crippen LogP contribution is 2.62. The number of aliphatic carboxylic acids is 1. The van der Waals surface area contributed by atoms with E-state index in [2.05, 4.69) is 24.0 Å². The topological polar surface area (TPSA) is 101 Å². The Balaban J connectivity index is 1.21. The number of carboxylic acid groups (broad SMARTS) is 1. The monoisotopic (exact) mass is 613 g/mol. The molecule has 3 aliphatic rings. The molecule has 2 aromatic carbocycles. The van der Waals surface area contributed by atoms with Crippen LogP contribution in [-0.2, 0) is 33.8 Å². The first kappa shape index (κ1) is 30.9. The first-order valence-electron chi connectivity index (χ1n) is 15.7. The summed E-state index contributed by atoms with van der Waals surface area (Å²) in [6, 6.07) is 16.0. The van der Waals surface area contributed by atoms with Crippen LogP contribution in [0.15, 0.2) is 48.5 Å². The molecule has 1 aliphatic carbocycles. The number of carboxylic acids is 1. The van der Waals surface area contributed by atoms with Crippen molar-refractivity contribution >= 4 is 17.9 Å². The molecule has 1 N–H and O–H groups in total. The van der Waals surface area contributed by atoms with Crippen molar-refractivity contribution in [3.05, 3.63) is 76.3 Å². The number of pyridine rings is 1. The quantitative estimate of drug-likeness (QED) is 0.322. The van der Waals surface area contributed by atoms with E-state index in [4.69, 9.17) is 19.2 Å². The van der Waals surface area contributed by atoms with Gasteiger partial charge in [0.2, 0.25) is 0 Å². The lowest BCUT2D eigenvalue weighted by molar-refractivity contribution is -0.144. The van der Waals surface area contributed by atoms with Crippen molar-refractivity contribution in [2.75, 3.05) is 31.7 Å². The van der Waals surface area contributed by atoms with E-state index in [1.54, 1.807) is 12.0 Å². The predicted octanol–water partition coefficient (Wildman–Crippen LogP) is 6.16. The number of piperidine rings is 1. The third-order valence-corrected chi connectivity index (χ3v) is 9.44. The Hall–Kier alpha value is -4.11. The van der Waals surface area contributed by atoms with Gasteiger partial charge >= 0.3 is 12.1 Å². The van der Waals surface area contributed by atoms with Gasteiger partial charge in [0.05, 0.1) is 23.8 Å². The van der Waals surface area contributed by atoms with E-state index in [0.717, 1.165) is 45.9 Å². The summed E-state index contributed by atoms with van der Waals surface area (Å²) in [4.78, 5) is 33.8. The summed E-state index contributed by atoms with van der Waals surface area (Å²) < 4.78 is 17.6. The third-order valence-electron chi connectivity index (χ3n) is 9.44. The van der Waals surface area contributed by atoms with Crippen LogP contribution >= 0.6 is 0 Å². The van der Waals surface area contributed by atoms with Crippen LogP contribution in [0.2, 0.25) is 0 Å². The number of aryl methyl sites for hydroxylation is 2. The molecule has 0 radical (unpaired) electrons. The van der Waals surface area contributed by atoms with E-state index in [9.17, 15) is 14.7 Å². The molecule has 3 atom stereocenters. The SMILES string of the molecule is COC[C@@H]1N(c2cccc(-c3cccc(C)c3OCc3cc(C)c4c(c3)CCN(C(=O)OC(C)(C)C)C4)n2)CC2C[C@@]21C(=O)O. The Morgan fingerprint density at radius 1 is 1.09 bits per heavy atom. The van der Waals surface area contributed by atoms with Crippen LogP contribution in [0.4, 0.5) is 10.6 Å². The summed E-state index contributed by atoms with van der Waals surface area (Å²) in [5.74, 6) is 0.883. The molecule has 3 aromatic rings. The van der Waals surface area contributed by atoms with Gasteiger partial charge in [-0.05, 0) is 99.4 Å². The molecule has 1 aromatic heterocycles. The Morgan fingerprint density at radius 2 is 1.87 bits per heavy atom. The molecule has 2 aliphatic heterocycles. The number of rotatable bonds is 8. The van der Waals surface area contributed by atoms with Gasteiger partial charge in [0, 0.05) is 32.3 Å². The summed E-state index contributed by atoms with van der Waals surface area (Å²) in [6.45, 7) is 12.3. The van der Waals surface area contributed by atoms with Crippen LogP contribution in [0, 0.1) is 25.2 Å². The average Bonchev–Trinajstić information content (AvgIpc) is 3.64. The number of carbonyl (C=O) groups excluding carboxylic acids is 1. The number of ether oxygens (including phenoxy) is 3. The molecule has 3 heterocycles. The molecule has 6 rings (SSSR count). The number of amides is 1. The fourth-order valence-corrected chi connectivity index (χ4v) is 7.13. The molecule has 1 unspecified atom stereocenters. The summed E-state index contributed by atoms with van der Waals surface area (Å²) in [5, 5.41) is 10.0. The number of benzene rings is 2. The normalized spacial score (nSPS) is 22.1. The van der Waals surface area contributed by atoms with Crippen molar-refractivity contribution in [2.24, 2.45) is 11.3 Å². The van der Waals surface area contributed by atoms with Crippen LogP contribution in [0.3, 0.4) is 0 Å². The van der Waals surface area contributed by atoms with Crippen molar-refractivity contribution in [1.29, 1.82) is 0 Å². The van der Waals surface area contributed by atoms with Crippen LogP contribution in [0.5, 0.6) is 5.75 Å². The average molecular weight is 614 g/mol.